The van der Waals surface area contributed by atoms with Crippen LogP contribution in [0.4, 0.5) is 0 Å². The van der Waals surface area contributed by atoms with E-state index in [1.54, 1.807) is 12.4 Å². The molecule has 0 radical (unpaired) electrons. The van der Waals surface area contributed by atoms with Crippen LogP contribution in [-0.2, 0) is 17.7 Å². The van der Waals surface area contributed by atoms with Crippen molar-refractivity contribution in [2.45, 2.75) is 45.3 Å². The van der Waals surface area contributed by atoms with Gasteiger partial charge in [0.15, 0.2) is 0 Å². The molecule has 4 rings (SSSR count). The largest absolute Gasteiger partial charge is 0.371 e. The zero-order valence-corrected chi connectivity index (χ0v) is 16.3. The lowest BCUT2D eigenvalue weighted by molar-refractivity contribution is -0.128. The minimum absolute atomic E-state index is 0.0978. The number of aromatic nitrogens is 3. The first-order valence-electron chi connectivity index (χ1n) is 9.91. The molecule has 2 N–H and O–H groups in total. The molecule has 1 spiro atoms. The summed E-state index contributed by atoms with van der Waals surface area (Å²) in [5, 5.41) is 0. The van der Waals surface area contributed by atoms with E-state index in [1.165, 1.54) is 5.69 Å². The number of ether oxygens (including phenoxy) is 1. The van der Waals surface area contributed by atoms with E-state index < -0.39 is 0 Å². The van der Waals surface area contributed by atoms with E-state index in [1.807, 2.05) is 11.0 Å². The Morgan fingerprint density at radius 3 is 2.81 bits per heavy atom. The lowest BCUT2D eigenvalue weighted by Crippen LogP contribution is -2.57. The number of H-pyrrole nitrogens is 2. The average molecular weight is 371 g/mol. The number of aromatic amines is 2. The molecule has 2 aromatic rings. The van der Waals surface area contributed by atoms with Crippen molar-refractivity contribution >= 4 is 5.91 Å². The van der Waals surface area contributed by atoms with Crippen molar-refractivity contribution in [3.63, 3.8) is 0 Å². The van der Waals surface area contributed by atoms with Crippen molar-refractivity contribution < 1.29 is 9.53 Å². The molecule has 1 amide bonds. The van der Waals surface area contributed by atoms with Gasteiger partial charge in [-0.05, 0) is 25.8 Å². The van der Waals surface area contributed by atoms with Gasteiger partial charge in [0, 0.05) is 50.7 Å². The SMILES string of the molecule is CCc1nc(CN2CCC3(CC2)CN(C(=O)c2cc[nH]c2)CCO3)c(C)[nH]1. The van der Waals surface area contributed by atoms with Crippen molar-refractivity contribution in [1.82, 2.24) is 24.8 Å². The van der Waals surface area contributed by atoms with Gasteiger partial charge in [0.2, 0.25) is 0 Å². The predicted octanol–water partition coefficient (Wildman–Crippen LogP) is 2.12. The molecule has 2 fully saturated rings. The molecule has 2 aromatic heterocycles. The Morgan fingerprint density at radius 1 is 1.33 bits per heavy atom. The molecule has 4 heterocycles. The topological polar surface area (TPSA) is 77.2 Å². The highest BCUT2D eigenvalue weighted by Crippen LogP contribution is 2.31. The van der Waals surface area contributed by atoms with Crippen LogP contribution in [0.1, 0.15) is 47.3 Å². The molecule has 0 unspecified atom stereocenters. The summed E-state index contributed by atoms with van der Waals surface area (Å²) >= 11 is 0. The summed E-state index contributed by atoms with van der Waals surface area (Å²) < 4.78 is 6.20. The molecule has 2 aliphatic rings. The van der Waals surface area contributed by atoms with Gasteiger partial charge in [0.25, 0.3) is 5.91 Å². The summed E-state index contributed by atoms with van der Waals surface area (Å²) in [5.41, 5.74) is 2.85. The number of nitrogens with one attached hydrogen (secondary N) is 2. The van der Waals surface area contributed by atoms with E-state index in [9.17, 15) is 4.79 Å². The number of piperidine rings is 1. The zero-order chi connectivity index (χ0) is 18.9. The molecule has 2 saturated heterocycles. The number of likely N-dealkylation sites (tertiary alicyclic amines) is 1. The summed E-state index contributed by atoms with van der Waals surface area (Å²) in [7, 11) is 0. The first-order valence-corrected chi connectivity index (χ1v) is 9.91. The van der Waals surface area contributed by atoms with Gasteiger partial charge in [-0.15, -0.1) is 0 Å². The Bertz CT molecular complexity index is 774. The van der Waals surface area contributed by atoms with Gasteiger partial charge in [-0.1, -0.05) is 6.92 Å². The van der Waals surface area contributed by atoms with Crippen LogP contribution in [0.3, 0.4) is 0 Å². The fourth-order valence-electron chi connectivity index (χ4n) is 4.18. The lowest BCUT2D eigenvalue weighted by atomic mass is 9.89. The number of rotatable bonds is 4. The molecular weight excluding hydrogens is 342 g/mol. The number of morpholine rings is 1. The minimum atomic E-state index is -0.198. The second kappa shape index (κ2) is 7.48. The van der Waals surface area contributed by atoms with Crippen LogP contribution in [-0.4, -0.2) is 69.0 Å². The van der Waals surface area contributed by atoms with E-state index >= 15 is 0 Å². The summed E-state index contributed by atoms with van der Waals surface area (Å²) in [5.74, 6) is 1.16. The van der Waals surface area contributed by atoms with Gasteiger partial charge in [-0.3, -0.25) is 9.69 Å². The van der Waals surface area contributed by atoms with Crippen LogP contribution < -0.4 is 0 Å². The molecule has 0 aliphatic carbocycles. The van der Waals surface area contributed by atoms with Gasteiger partial charge >= 0.3 is 0 Å². The van der Waals surface area contributed by atoms with Gasteiger partial charge in [-0.2, -0.15) is 0 Å². The molecular formula is C20H29N5O2. The Labute approximate surface area is 160 Å². The Morgan fingerprint density at radius 2 is 2.15 bits per heavy atom. The lowest BCUT2D eigenvalue weighted by Gasteiger charge is -2.47. The Kier molecular flexibility index (Phi) is 5.06. The maximum atomic E-state index is 12.7. The van der Waals surface area contributed by atoms with E-state index in [0.29, 0.717) is 19.7 Å². The second-order valence-electron chi connectivity index (χ2n) is 7.74. The zero-order valence-electron chi connectivity index (χ0n) is 16.3. The van der Waals surface area contributed by atoms with Crippen molar-refractivity contribution in [2.75, 3.05) is 32.8 Å². The highest BCUT2D eigenvalue weighted by Gasteiger charge is 2.41. The van der Waals surface area contributed by atoms with Crippen LogP contribution >= 0.6 is 0 Å². The molecule has 2 aliphatic heterocycles. The maximum absolute atomic E-state index is 12.7. The number of carbonyl (C=O) groups is 1. The van der Waals surface area contributed by atoms with Crippen LogP contribution in [0.15, 0.2) is 18.5 Å². The minimum Gasteiger partial charge on any atom is -0.371 e. The van der Waals surface area contributed by atoms with Gasteiger partial charge in [0.05, 0.1) is 30.0 Å². The van der Waals surface area contributed by atoms with E-state index in [2.05, 4.69) is 28.7 Å². The summed E-state index contributed by atoms with van der Waals surface area (Å²) in [6.07, 6.45) is 6.40. The Hall–Kier alpha value is -2.12. The van der Waals surface area contributed by atoms with E-state index in [4.69, 9.17) is 9.72 Å². The molecule has 27 heavy (non-hydrogen) atoms. The third-order valence-electron chi connectivity index (χ3n) is 5.89. The number of hydrogen-bond acceptors (Lipinski definition) is 4. The number of carbonyl (C=O) groups excluding carboxylic acids is 1. The van der Waals surface area contributed by atoms with Crippen molar-refractivity contribution in [3.8, 4) is 0 Å². The van der Waals surface area contributed by atoms with Crippen LogP contribution in [0, 0.1) is 6.92 Å². The summed E-state index contributed by atoms with van der Waals surface area (Å²) in [4.78, 5) is 28.1. The smallest absolute Gasteiger partial charge is 0.255 e. The molecule has 146 valence electrons. The monoisotopic (exact) mass is 371 g/mol. The van der Waals surface area contributed by atoms with Crippen LogP contribution in [0.5, 0.6) is 0 Å². The Balaban J connectivity index is 1.36. The normalized spacial score (nSPS) is 20.3. The van der Waals surface area contributed by atoms with Crippen molar-refractivity contribution in [2.24, 2.45) is 0 Å². The van der Waals surface area contributed by atoms with Gasteiger partial charge in [0.1, 0.15) is 5.82 Å². The van der Waals surface area contributed by atoms with Crippen LogP contribution in [0.2, 0.25) is 0 Å². The molecule has 0 bridgehead atoms. The number of nitrogens with zero attached hydrogens (tertiary/aromatic N) is 3. The molecule has 7 heteroatoms. The first-order chi connectivity index (χ1) is 13.1. The second-order valence-corrected chi connectivity index (χ2v) is 7.74. The van der Waals surface area contributed by atoms with Gasteiger partial charge < -0.3 is 19.6 Å². The fraction of sp³-hybridized carbons (Fsp3) is 0.600. The van der Waals surface area contributed by atoms with Crippen molar-refractivity contribution in [3.05, 3.63) is 41.2 Å². The molecule has 0 atom stereocenters. The maximum Gasteiger partial charge on any atom is 0.255 e. The number of imidazole rings is 1. The predicted molar refractivity (Wildman–Crippen MR) is 103 cm³/mol. The number of aryl methyl sites for hydroxylation is 2. The standard InChI is InChI=1S/C20H29N5O2/c1-3-18-22-15(2)17(23-18)13-24-8-5-20(6-9-24)14-25(10-11-27-20)19(26)16-4-7-21-12-16/h4,7,12,21H,3,5-6,8-11,13-14H2,1-2H3,(H,22,23). The van der Waals surface area contributed by atoms with Gasteiger partial charge in [-0.25, -0.2) is 4.98 Å². The van der Waals surface area contributed by atoms with Crippen molar-refractivity contribution in [1.29, 1.82) is 0 Å². The first kappa shape index (κ1) is 18.3. The highest BCUT2D eigenvalue weighted by molar-refractivity contribution is 5.94. The number of hydrogen-bond donors (Lipinski definition) is 2. The summed E-state index contributed by atoms with van der Waals surface area (Å²) in [6, 6.07) is 1.84. The highest BCUT2D eigenvalue weighted by atomic mass is 16.5. The third-order valence-corrected chi connectivity index (χ3v) is 5.89. The summed E-state index contributed by atoms with van der Waals surface area (Å²) in [6.45, 7) is 9.02. The van der Waals surface area contributed by atoms with E-state index in [-0.39, 0.29) is 11.5 Å². The molecule has 7 nitrogen and oxygen atoms in total. The van der Waals surface area contributed by atoms with E-state index in [0.717, 1.165) is 56.0 Å². The quantitative estimate of drug-likeness (QED) is 0.863. The average Bonchev–Trinajstić information content (AvgIpc) is 3.34. The fourth-order valence-corrected chi connectivity index (χ4v) is 4.18. The number of amides is 1. The van der Waals surface area contributed by atoms with Crippen LogP contribution in [0.25, 0.3) is 0 Å². The third kappa shape index (κ3) is 3.80. The molecule has 0 aromatic carbocycles. The molecule has 0 saturated carbocycles.